The fraction of sp³-hybridized carbons (Fsp3) is 0.755. The number of hydrogen-bond donors (Lipinski definition) is 3. The van der Waals surface area contributed by atoms with Crippen LogP contribution in [-0.2, 0) is 52.4 Å². The van der Waals surface area contributed by atoms with Crippen LogP contribution in [-0.4, -0.2) is 146 Å². The van der Waals surface area contributed by atoms with Crippen LogP contribution >= 0.6 is 0 Å². The van der Waals surface area contributed by atoms with Crippen LogP contribution in [0.25, 0.3) is 0 Å². The maximum Gasteiger partial charge on any atom is 0.329 e. The van der Waals surface area contributed by atoms with Crippen molar-refractivity contribution in [3.63, 3.8) is 0 Å². The second-order valence-corrected chi connectivity index (χ2v) is 19.1. The number of esters is 1. The largest absolute Gasteiger partial charge is 0.460 e. The van der Waals surface area contributed by atoms with Crippen LogP contribution in [0.5, 0.6) is 0 Å². The third-order valence-electron chi connectivity index (χ3n) is 13.7. The van der Waals surface area contributed by atoms with Gasteiger partial charge in [-0.05, 0) is 87.7 Å². The molecule has 0 spiro atoms. The molecule has 0 aromatic rings. The third-order valence-corrected chi connectivity index (χ3v) is 13.7. The zero-order valence-corrected chi connectivity index (χ0v) is 43.3. The van der Waals surface area contributed by atoms with Gasteiger partial charge in [0.05, 0.1) is 38.1 Å². The minimum atomic E-state index is -2.48. The first-order valence-corrected chi connectivity index (χ1v) is 24.9. The first kappa shape index (κ1) is 60.7. The number of carbonyl (C=O) groups excluding carboxylic acids is 5. The van der Waals surface area contributed by atoms with Crippen LogP contribution in [0.3, 0.4) is 0 Å². The number of aliphatic hydroxyl groups excluding tert-OH is 2. The summed E-state index contributed by atoms with van der Waals surface area (Å²) in [6.45, 7) is 16.8. The molecule has 0 aliphatic carbocycles. The number of rotatable bonds is 15. The van der Waals surface area contributed by atoms with E-state index in [1.165, 1.54) is 12.0 Å². The molecule has 0 aromatic heterocycles. The summed E-state index contributed by atoms with van der Waals surface area (Å²) in [5.74, 6) is -7.53. The van der Waals surface area contributed by atoms with Crippen LogP contribution in [0.2, 0.25) is 0 Å². The Bertz CT molecular complexity index is 1710. The van der Waals surface area contributed by atoms with Crippen molar-refractivity contribution in [2.45, 2.75) is 181 Å². The van der Waals surface area contributed by atoms with Crippen molar-refractivity contribution in [3.8, 4) is 0 Å². The van der Waals surface area contributed by atoms with Gasteiger partial charge < -0.3 is 48.6 Å². The van der Waals surface area contributed by atoms with Gasteiger partial charge in [0.2, 0.25) is 5.79 Å². The van der Waals surface area contributed by atoms with E-state index in [0.29, 0.717) is 44.1 Å². The second-order valence-electron chi connectivity index (χ2n) is 19.1. The van der Waals surface area contributed by atoms with Crippen molar-refractivity contribution in [1.29, 1.82) is 0 Å². The summed E-state index contributed by atoms with van der Waals surface area (Å²) in [4.78, 5) is 71.8. The standard InChI is InChI=1S/C53H87NO14/c1-13-40(30-42(63-10)33-66-26-25-55)29-37(7)46-32-44(56)36(6)28-39(9)48(58)49(65-12)47(57)38(8)27-34(4)21-17-16-18-22-35(5)45(64-11)31-41(14-2)68-53(62,15-3)50(59)51(60)54-24-20-19-23-43(54)52(61)67-46/h16-18,21-22,28,34,36-38,40-43,45-46,48-49,55,58,62H,13-15,19-20,23-27,29-33H2,1-12H3/b18-16+,21-17+,35-22+,39-28+/t34-,36-,37+,38-,40+,41+,42-,43+,45+,46+,48-,49?,53-/m1/s1. The number of methoxy groups -OCH3 is 3. The SMILES string of the molecule is CC[C@H](C[C@H](COCCO)OC)C[C@H](C)[C@@H]1CC(=O)[C@H](C)/C=C(\C)[C@@H](O)C(OC)C(=O)[C@H](C)C[C@H](C)/C=C/C=C/C=C(\C)[C@@H](OC)C[C@H](CC)O[C@](O)(CC)C(=O)C(=O)N2CCCC[C@H]2C(=O)O1. The highest BCUT2D eigenvalue weighted by atomic mass is 16.6. The van der Waals surface area contributed by atoms with Crippen LogP contribution in [0.1, 0.15) is 133 Å². The molecule has 68 heavy (non-hydrogen) atoms. The lowest BCUT2D eigenvalue weighted by molar-refractivity contribution is -0.229. The smallest absolute Gasteiger partial charge is 0.329 e. The molecule has 3 N–H and O–H groups in total. The highest BCUT2D eigenvalue weighted by Crippen LogP contribution is 2.31. The number of ketones is 3. The Morgan fingerprint density at radius 1 is 0.926 bits per heavy atom. The van der Waals surface area contributed by atoms with Gasteiger partial charge >= 0.3 is 5.97 Å². The van der Waals surface area contributed by atoms with Crippen LogP contribution in [0, 0.1) is 29.6 Å². The Morgan fingerprint density at radius 3 is 2.24 bits per heavy atom. The molecule has 2 rings (SSSR count). The summed E-state index contributed by atoms with van der Waals surface area (Å²) in [7, 11) is 4.53. The van der Waals surface area contributed by atoms with Gasteiger partial charge in [-0.15, -0.1) is 0 Å². The van der Waals surface area contributed by atoms with Crippen LogP contribution in [0.4, 0.5) is 0 Å². The molecule has 0 radical (unpaired) electrons. The molecule has 2 heterocycles. The van der Waals surface area contributed by atoms with Crippen molar-refractivity contribution in [2.75, 3.05) is 47.7 Å². The second kappa shape index (κ2) is 31.0. The highest BCUT2D eigenvalue weighted by molar-refractivity contribution is 6.39. The fourth-order valence-electron chi connectivity index (χ4n) is 9.15. The number of carbonyl (C=O) groups is 5. The molecule has 0 bridgehead atoms. The molecular formula is C53H87NO14. The monoisotopic (exact) mass is 962 g/mol. The van der Waals surface area contributed by atoms with Gasteiger partial charge in [-0.25, -0.2) is 4.79 Å². The minimum Gasteiger partial charge on any atom is -0.460 e. The number of ether oxygens (including phenoxy) is 6. The van der Waals surface area contributed by atoms with Gasteiger partial charge in [0.15, 0.2) is 5.78 Å². The minimum absolute atomic E-state index is 0.00910. The zero-order chi connectivity index (χ0) is 51.1. The van der Waals surface area contributed by atoms with Crippen molar-refractivity contribution >= 4 is 29.2 Å². The maximum atomic E-state index is 14.4. The first-order valence-electron chi connectivity index (χ1n) is 24.9. The van der Waals surface area contributed by atoms with Gasteiger partial charge in [0.1, 0.15) is 30.1 Å². The Hall–Kier alpha value is -3.41. The number of fused-ring (bicyclic) bond motifs is 1. The predicted octanol–water partition coefficient (Wildman–Crippen LogP) is 6.83. The van der Waals surface area contributed by atoms with Gasteiger partial charge in [-0.2, -0.15) is 0 Å². The third kappa shape index (κ3) is 18.7. The molecule has 388 valence electrons. The van der Waals surface area contributed by atoms with Gasteiger partial charge in [-0.1, -0.05) is 91.3 Å². The number of Topliss-reactive ketones (excluding diaryl/α,β-unsaturated/α-hetero) is 3. The van der Waals surface area contributed by atoms with E-state index >= 15 is 0 Å². The quantitative estimate of drug-likeness (QED) is 0.0666. The summed E-state index contributed by atoms with van der Waals surface area (Å²) in [6, 6.07) is -1.16. The van der Waals surface area contributed by atoms with E-state index in [2.05, 4.69) is 0 Å². The van der Waals surface area contributed by atoms with Gasteiger partial charge in [0.25, 0.3) is 11.7 Å². The fourth-order valence-corrected chi connectivity index (χ4v) is 9.15. The van der Waals surface area contributed by atoms with Crippen molar-refractivity contribution in [3.05, 3.63) is 47.6 Å². The van der Waals surface area contributed by atoms with Gasteiger partial charge in [-0.3, -0.25) is 19.2 Å². The summed E-state index contributed by atoms with van der Waals surface area (Å²) in [6.07, 6.45) is 10.2. The molecule has 1 amide bonds. The Kier molecular flexibility index (Phi) is 27.7. The summed E-state index contributed by atoms with van der Waals surface area (Å²) in [5.41, 5.74) is 1.24. The molecule has 1 unspecified atom stereocenters. The lowest BCUT2D eigenvalue weighted by atomic mass is 9.84. The molecular weight excluding hydrogens is 875 g/mol. The van der Waals surface area contributed by atoms with Crippen LogP contribution in [0.15, 0.2) is 47.6 Å². The van der Waals surface area contributed by atoms with Crippen molar-refractivity contribution in [1.82, 2.24) is 4.90 Å². The van der Waals surface area contributed by atoms with E-state index in [4.69, 9.17) is 28.4 Å². The molecule has 0 saturated carbocycles. The lowest BCUT2D eigenvalue weighted by Crippen LogP contribution is -2.57. The average molecular weight is 962 g/mol. The van der Waals surface area contributed by atoms with Crippen molar-refractivity contribution < 1.29 is 67.7 Å². The van der Waals surface area contributed by atoms with E-state index in [0.717, 1.165) is 12.0 Å². The van der Waals surface area contributed by atoms with Crippen molar-refractivity contribution in [2.24, 2.45) is 29.6 Å². The summed E-state index contributed by atoms with van der Waals surface area (Å²) in [5, 5.41) is 32.5. The normalized spacial score (nSPS) is 33.6. The molecule has 15 nitrogen and oxygen atoms in total. The molecule has 1 fully saturated rings. The Balaban J connectivity index is 2.67. The summed E-state index contributed by atoms with van der Waals surface area (Å²) < 4.78 is 35.0. The number of amides is 1. The summed E-state index contributed by atoms with van der Waals surface area (Å²) >= 11 is 0. The predicted molar refractivity (Wildman–Crippen MR) is 260 cm³/mol. The molecule has 2 aliphatic rings. The zero-order valence-electron chi connectivity index (χ0n) is 43.3. The van der Waals surface area contributed by atoms with E-state index in [1.54, 1.807) is 41.1 Å². The number of hydrogen-bond acceptors (Lipinski definition) is 14. The van der Waals surface area contributed by atoms with E-state index in [9.17, 15) is 39.3 Å². The average Bonchev–Trinajstić information content (AvgIpc) is 3.33. The molecule has 13 atom stereocenters. The highest BCUT2D eigenvalue weighted by Gasteiger charge is 2.47. The number of nitrogens with zero attached hydrogens (tertiary/aromatic N) is 1. The Morgan fingerprint density at radius 2 is 1.63 bits per heavy atom. The molecule has 1 saturated heterocycles. The van der Waals surface area contributed by atoms with E-state index in [-0.39, 0.29) is 87.5 Å². The first-order chi connectivity index (χ1) is 32.2. The topological polar surface area (TPSA) is 205 Å². The molecule has 2 aliphatic heterocycles. The number of piperidine rings is 1. The lowest BCUT2D eigenvalue weighted by Gasteiger charge is -2.38. The van der Waals surface area contributed by atoms with E-state index in [1.807, 2.05) is 71.9 Å². The molecule has 15 heteroatoms. The van der Waals surface area contributed by atoms with Gasteiger partial charge in [0, 0.05) is 59.0 Å². The number of aliphatic hydroxyl groups is 3. The number of cyclic esters (lactones) is 1. The van der Waals surface area contributed by atoms with E-state index < -0.39 is 71.8 Å². The maximum absolute atomic E-state index is 14.4. The number of allylic oxidation sites excluding steroid dienone is 6. The Labute approximate surface area is 407 Å². The molecule has 0 aromatic carbocycles. The van der Waals surface area contributed by atoms with Crippen LogP contribution < -0.4 is 0 Å².